The van der Waals surface area contributed by atoms with Crippen LogP contribution in [0.25, 0.3) is 0 Å². The van der Waals surface area contributed by atoms with Crippen molar-refractivity contribution in [2.75, 3.05) is 10.6 Å². The van der Waals surface area contributed by atoms with Gasteiger partial charge in [0.05, 0.1) is 16.4 Å². The molecule has 0 saturated carbocycles. The van der Waals surface area contributed by atoms with E-state index in [0.717, 1.165) is 22.7 Å². The Kier molecular flexibility index (Phi) is 7.89. The van der Waals surface area contributed by atoms with Crippen molar-refractivity contribution in [3.63, 3.8) is 0 Å². The molecule has 0 atom stereocenters. The van der Waals surface area contributed by atoms with Gasteiger partial charge >= 0.3 is 0 Å². The molecule has 200 valence electrons. The average Bonchev–Trinajstić information content (AvgIpc) is 2.74. The van der Waals surface area contributed by atoms with Crippen LogP contribution in [0.2, 0.25) is 5.02 Å². The van der Waals surface area contributed by atoms with Crippen LogP contribution in [-0.2, 0) is 21.7 Å². The first-order valence-corrected chi connectivity index (χ1v) is 13.8. The second-order valence-corrected chi connectivity index (χ2v) is 14.9. The van der Waals surface area contributed by atoms with E-state index in [9.17, 15) is 0 Å². The first-order chi connectivity index (χ1) is 16.7. The summed E-state index contributed by atoms with van der Waals surface area (Å²) in [7, 11) is 0. The van der Waals surface area contributed by atoms with Crippen molar-refractivity contribution in [2.24, 2.45) is 0 Å². The molecule has 0 amide bonds. The summed E-state index contributed by atoms with van der Waals surface area (Å²) in [5, 5.41) is 7.93. The maximum atomic E-state index is 7.00. The minimum Gasteiger partial charge on any atom is -0.354 e. The molecule has 0 bridgehead atoms. The number of hydrogen-bond donors (Lipinski definition) is 2. The highest BCUT2D eigenvalue weighted by Crippen LogP contribution is 2.38. The molecule has 2 nitrogen and oxygen atoms in total. The van der Waals surface area contributed by atoms with Gasteiger partial charge < -0.3 is 10.6 Å². The minimum absolute atomic E-state index is 0.0493. The molecule has 3 rings (SSSR count). The van der Waals surface area contributed by atoms with Gasteiger partial charge in [-0.3, -0.25) is 0 Å². The molecule has 0 radical (unpaired) electrons. The highest BCUT2D eigenvalue weighted by molar-refractivity contribution is 6.36. The summed E-state index contributed by atoms with van der Waals surface area (Å²) in [6.45, 7) is 27.1. The highest BCUT2D eigenvalue weighted by Gasteiger charge is 2.22. The molecule has 0 aliphatic rings. The zero-order valence-electron chi connectivity index (χ0n) is 25.1. The number of halogens is 1. The third-order valence-electron chi connectivity index (χ3n) is 6.89. The normalized spacial score (nSPS) is 13.0. The SMILES string of the molecule is CC(C)(C)c1cc(Nc2cccc(Nc3cc(C(C)(C)C)cc(C(C)(C)C)c3)c2Cl)cc(C(C)(C)C)c1. The van der Waals surface area contributed by atoms with Gasteiger partial charge in [0.2, 0.25) is 0 Å². The van der Waals surface area contributed by atoms with Crippen LogP contribution >= 0.6 is 11.6 Å². The molecule has 0 spiro atoms. The van der Waals surface area contributed by atoms with Crippen LogP contribution in [0.1, 0.15) is 105 Å². The lowest BCUT2D eigenvalue weighted by molar-refractivity contribution is 0.568. The van der Waals surface area contributed by atoms with Gasteiger partial charge in [0.25, 0.3) is 0 Å². The van der Waals surface area contributed by atoms with Gasteiger partial charge in [-0.15, -0.1) is 0 Å². The van der Waals surface area contributed by atoms with Gasteiger partial charge in [-0.2, -0.15) is 0 Å². The summed E-state index contributed by atoms with van der Waals surface area (Å²) >= 11 is 7.00. The summed E-state index contributed by atoms with van der Waals surface area (Å²) in [5.74, 6) is 0. The fraction of sp³-hybridized carbons (Fsp3) is 0.471. The van der Waals surface area contributed by atoms with Crippen LogP contribution in [0.4, 0.5) is 22.7 Å². The lowest BCUT2D eigenvalue weighted by atomic mass is 9.80. The highest BCUT2D eigenvalue weighted by atomic mass is 35.5. The molecule has 2 N–H and O–H groups in total. The van der Waals surface area contributed by atoms with Crippen LogP contribution < -0.4 is 10.6 Å². The predicted molar refractivity (Wildman–Crippen MR) is 166 cm³/mol. The van der Waals surface area contributed by atoms with Crippen molar-refractivity contribution < 1.29 is 0 Å². The zero-order chi connectivity index (χ0) is 28.0. The summed E-state index contributed by atoms with van der Waals surface area (Å²) in [6.07, 6.45) is 0. The van der Waals surface area contributed by atoms with Gasteiger partial charge in [0.15, 0.2) is 0 Å². The zero-order valence-corrected chi connectivity index (χ0v) is 25.8. The molecule has 3 heteroatoms. The summed E-state index contributed by atoms with van der Waals surface area (Å²) in [6, 6.07) is 19.8. The Morgan fingerprint density at radius 3 is 0.973 bits per heavy atom. The third kappa shape index (κ3) is 7.32. The number of rotatable bonds is 4. The van der Waals surface area contributed by atoms with Crippen LogP contribution in [0.3, 0.4) is 0 Å². The van der Waals surface area contributed by atoms with Crippen molar-refractivity contribution in [1.82, 2.24) is 0 Å². The first-order valence-electron chi connectivity index (χ1n) is 13.4. The number of nitrogens with one attached hydrogen (secondary N) is 2. The van der Waals surface area contributed by atoms with Gasteiger partial charge in [0, 0.05) is 11.4 Å². The van der Waals surface area contributed by atoms with Crippen LogP contribution in [0, 0.1) is 0 Å². The molecular weight excluding hydrogens is 472 g/mol. The van der Waals surface area contributed by atoms with Crippen molar-refractivity contribution in [3.8, 4) is 0 Å². The summed E-state index contributed by atoms with van der Waals surface area (Å²) in [4.78, 5) is 0. The molecule has 0 aromatic heterocycles. The maximum Gasteiger partial charge on any atom is 0.0875 e. The van der Waals surface area contributed by atoms with Crippen LogP contribution in [0.15, 0.2) is 54.6 Å². The van der Waals surface area contributed by atoms with Crippen LogP contribution in [0.5, 0.6) is 0 Å². The van der Waals surface area contributed by atoms with Crippen molar-refractivity contribution in [3.05, 3.63) is 81.9 Å². The fourth-order valence-electron chi connectivity index (χ4n) is 4.17. The molecule has 0 saturated heterocycles. The summed E-state index contributed by atoms with van der Waals surface area (Å²) in [5.41, 5.74) is 9.32. The Labute approximate surface area is 231 Å². The van der Waals surface area contributed by atoms with Gasteiger partial charge in [0.1, 0.15) is 0 Å². The largest absolute Gasteiger partial charge is 0.354 e. The van der Waals surface area contributed by atoms with Gasteiger partial charge in [-0.05, 0) is 80.3 Å². The Morgan fingerprint density at radius 1 is 0.459 bits per heavy atom. The molecule has 0 aliphatic heterocycles. The van der Waals surface area contributed by atoms with E-state index >= 15 is 0 Å². The summed E-state index contributed by atoms with van der Waals surface area (Å²) < 4.78 is 0. The van der Waals surface area contributed by atoms with E-state index in [1.54, 1.807) is 0 Å². The lowest BCUT2D eigenvalue weighted by Crippen LogP contribution is -2.17. The van der Waals surface area contributed by atoms with E-state index in [4.69, 9.17) is 11.6 Å². The molecule has 0 unspecified atom stereocenters. The van der Waals surface area contributed by atoms with E-state index in [2.05, 4.69) is 130 Å². The first kappa shape index (κ1) is 29.1. The quantitative estimate of drug-likeness (QED) is 0.358. The monoisotopic (exact) mass is 518 g/mol. The molecular formula is C34H47ClN2. The topological polar surface area (TPSA) is 24.1 Å². The van der Waals surface area contributed by atoms with Crippen molar-refractivity contribution in [2.45, 2.75) is 105 Å². The minimum atomic E-state index is 0.0493. The Bertz CT molecular complexity index is 1100. The van der Waals surface area contributed by atoms with Crippen molar-refractivity contribution in [1.29, 1.82) is 0 Å². The Balaban J connectivity index is 2.02. The van der Waals surface area contributed by atoms with Crippen LogP contribution in [-0.4, -0.2) is 0 Å². The second-order valence-electron chi connectivity index (χ2n) is 14.5. The standard InChI is InChI=1S/C34H47ClN2/c1-31(2,3)22-16-23(32(4,5)6)19-26(18-22)36-28-14-13-15-29(30(28)35)37-27-20-24(33(7,8)9)17-25(21-27)34(10,11)12/h13-21,36-37H,1-12H3. The molecule has 3 aromatic carbocycles. The van der Waals surface area contributed by atoms with Gasteiger partial charge in [-0.1, -0.05) is 113 Å². The average molecular weight is 519 g/mol. The smallest absolute Gasteiger partial charge is 0.0875 e. The number of anilines is 4. The van der Waals surface area contributed by atoms with E-state index in [1.807, 2.05) is 18.2 Å². The Hall–Kier alpha value is -2.45. The molecule has 0 aliphatic carbocycles. The number of hydrogen-bond acceptors (Lipinski definition) is 2. The molecule has 0 fully saturated rings. The van der Waals surface area contributed by atoms with E-state index < -0.39 is 0 Å². The maximum absolute atomic E-state index is 7.00. The fourth-order valence-corrected chi connectivity index (χ4v) is 4.39. The van der Waals surface area contributed by atoms with E-state index in [-0.39, 0.29) is 21.7 Å². The lowest BCUT2D eigenvalue weighted by Gasteiger charge is -2.27. The molecule has 0 heterocycles. The van der Waals surface area contributed by atoms with Gasteiger partial charge in [-0.25, -0.2) is 0 Å². The van der Waals surface area contributed by atoms with E-state index in [0.29, 0.717) is 5.02 Å². The Morgan fingerprint density at radius 2 is 0.730 bits per heavy atom. The van der Waals surface area contributed by atoms with Crippen molar-refractivity contribution >= 4 is 34.4 Å². The predicted octanol–water partition coefficient (Wildman–Crippen LogP) is 11.0. The number of benzene rings is 3. The molecule has 3 aromatic rings. The van der Waals surface area contributed by atoms with E-state index in [1.165, 1.54) is 22.3 Å². The molecule has 37 heavy (non-hydrogen) atoms. The third-order valence-corrected chi connectivity index (χ3v) is 7.29. The second kappa shape index (κ2) is 10.0.